The van der Waals surface area contributed by atoms with Gasteiger partial charge in [-0.15, -0.1) is 0 Å². The molecule has 0 atom stereocenters. The Bertz CT molecular complexity index is 914. The average Bonchev–Trinajstić information content (AvgIpc) is 2.60. The summed E-state index contributed by atoms with van der Waals surface area (Å²) in [6.45, 7) is 7.70. The third-order valence-electron chi connectivity index (χ3n) is 3.55. The molecule has 0 amide bonds. The van der Waals surface area contributed by atoms with Crippen LogP contribution in [0.3, 0.4) is 0 Å². The van der Waals surface area contributed by atoms with Crippen LogP contribution in [0.2, 0.25) is 0 Å². The van der Waals surface area contributed by atoms with Gasteiger partial charge < -0.3 is 9.47 Å². The fraction of sp³-hybridized carbons (Fsp3) is 0.300. The van der Waals surface area contributed by atoms with Crippen molar-refractivity contribution in [3.05, 3.63) is 65.1 Å². The van der Waals surface area contributed by atoms with Gasteiger partial charge in [-0.25, -0.2) is 4.57 Å². The van der Waals surface area contributed by atoms with Crippen molar-refractivity contribution >= 4 is 5.57 Å². The topological polar surface area (TPSA) is 53.4 Å². The number of aromatic nitrogens is 2. The van der Waals surface area contributed by atoms with Crippen molar-refractivity contribution < 1.29 is 22.6 Å². The summed E-state index contributed by atoms with van der Waals surface area (Å²) in [6, 6.07) is 7.04. The summed E-state index contributed by atoms with van der Waals surface area (Å²) in [7, 11) is 0. The molecular formula is C20H21F3N2O3. The van der Waals surface area contributed by atoms with E-state index >= 15 is 0 Å². The first-order chi connectivity index (χ1) is 13.1. The lowest BCUT2D eigenvalue weighted by atomic mass is 10.1. The van der Waals surface area contributed by atoms with E-state index in [9.17, 15) is 18.0 Å². The third-order valence-corrected chi connectivity index (χ3v) is 3.55. The first kappa shape index (κ1) is 21.3. The summed E-state index contributed by atoms with van der Waals surface area (Å²) < 4.78 is 48.4. The lowest BCUT2D eigenvalue weighted by molar-refractivity contribution is -0.153. The van der Waals surface area contributed by atoms with Crippen molar-refractivity contribution in [2.24, 2.45) is 0 Å². The van der Waals surface area contributed by atoms with Crippen molar-refractivity contribution in [2.45, 2.75) is 33.1 Å². The van der Waals surface area contributed by atoms with E-state index in [1.54, 1.807) is 32.9 Å². The number of allylic oxidation sites excluding steroid dienone is 3. The minimum absolute atomic E-state index is 0.0351. The zero-order valence-corrected chi connectivity index (χ0v) is 15.8. The van der Waals surface area contributed by atoms with Gasteiger partial charge in [-0.3, -0.25) is 4.79 Å². The van der Waals surface area contributed by atoms with Crippen LogP contribution in [0.25, 0.3) is 11.3 Å². The van der Waals surface area contributed by atoms with Crippen LogP contribution in [-0.2, 0) is 0 Å². The summed E-state index contributed by atoms with van der Waals surface area (Å²) >= 11 is 0. The quantitative estimate of drug-likeness (QED) is 0.647. The number of hydrogen-bond donors (Lipinski definition) is 0. The molecule has 0 aliphatic rings. The van der Waals surface area contributed by atoms with E-state index in [-0.39, 0.29) is 17.9 Å². The molecule has 150 valence electrons. The molecule has 0 unspecified atom stereocenters. The highest BCUT2D eigenvalue weighted by Gasteiger charge is 2.28. The van der Waals surface area contributed by atoms with E-state index in [4.69, 9.17) is 4.74 Å². The lowest BCUT2D eigenvalue weighted by Crippen LogP contribution is -2.24. The van der Waals surface area contributed by atoms with E-state index in [0.717, 1.165) is 0 Å². The second-order valence-corrected chi connectivity index (χ2v) is 6.11. The lowest BCUT2D eigenvalue weighted by Gasteiger charge is -2.16. The Morgan fingerprint density at radius 2 is 1.93 bits per heavy atom. The predicted molar refractivity (Wildman–Crippen MR) is 101 cm³/mol. The molecule has 0 aliphatic carbocycles. The highest BCUT2D eigenvalue weighted by Crippen LogP contribution is 2.23. The molecule has 0 aliphatic heterocycles. The molecular weight excluding hydrogens is 373 g/mol. The Kier molecular flexibility index (Phi) is 6.66. The molecule has 2 rings (SSSR count). The van der Waals surface area contributed by atoms with Crippen LogP contribution < -0.4 is 15.0 Å². The van der Waals surface area contributed by atoms with Gasteiger partial charge >= 0.3 is 12.2 Å². The number of halogens is 3. The molecule has 0 spiro atoms. The molecule has 1 heterocycles. The van der Waals surface area contributed by atoms with E-state index < -0.39 is 18.3 Å². The summed E-state index contributed by atoms with van der Waals surface area (Å²) in [6.07, 6.45) is -1.33. The first-order valence-corrected chi connectivity index (χ1v) is 8.54. The van der Waals surface area contributed by atoms with Crippen LogP contribution in [0.5, 0.6) is 11.8 Å². The zero-order chi connectivity index (χ0) is 20.9. The van der Waals surface area contributed by atoms with Crippen molar-refractivity contribution in [3.8, 4) is 17.4 Å². The number of benzene rings is 1. The van der Waals surface area contributed by atoms with Gasteiger partial charge in [0, 0.05) is 6.07 Å². The number of alkyl halides is 3. The van der Waals surface area contributed by atoms with Gasteiger partial charge in [0.1, 0.15) is 5.75 Å². The molecule has 0 fully saturated rings. The van der Waals surface area contributed by atoms with Crippen LogP contribution in [-0.4, -0.2) is 28.4 Å². The van der Waals surface area contributed by atoms with E-state index in [1.807, 2.05) is 0 Å². The van der Waals surface area contributed by atoms with E-state index in [1.165, 1.54) is 34.9 Å². The van der Waals surface area contributed by atoms with Gasteiger partial charge in [-0.1, -0.05) is 18.7 Å². The Morgan fingerprint density at radius 1 is 1.29 bits per heavy atom. The van der Waals surface area contributed by atoms with Crippen LogP contribution in [0, 0.1) is 0 Å². The molecule has 5 nitrogen and oxygen atoms in total. The van der Waals surface area contributed by atoms with Crippen LogP contribution in [0.4, 0.5) is 13.2 Å². The molecule has 28 heavy (non-hydrogen) atoms. The van der Waals surface area contributed by atoms with Gasteiger partial charge in [-0.05, 0) is 50.6 Å². The number of ether oxygens (including phenoxy) is 2. The van der Waals surface area contributed by atoms with Gasteiger partial charge in [0.25, 0.3) is 5.56 Å². The fourth-order valence-corrected chi connectivity index (χ4v) is 2.36. The molecule has 2 aromatic rings. The summed E-state index contributed by atoms with van der Waals surface area (Å²) in [5, 5.41) is 0. The minimum atomic E-state index is -4.43. The number of hydrogen-bond acceptors (Lipinski definition) is 4. The molecule has 0 saturated heterocycles. The predicted octanol–water partition coefficient (Wildman–Crippen LogP) is 4.55. The van der Waals surface area contributed by atoms with Crippen LogP contribution in [0.15, 0.2) is 53.9 Å². The normalized spacial score (nSPS) is 12.2. The van der Waals surface area contributed by atoms with Crippen molar-refractivity contribution in [1.82, 2.24) is 9.55 Å². The molecule has 0 N–H and O–H groups in total. The number of nitrogens with zero attached hydrogens (tertiary/aromatic N) is 2. The van der Waals surface area contributed by atoms with E-state index in [0.29, 0.717) is 17.0 Å². The molecule has 0 radical (unpaired) electrons. The maximum absolute atomic E-state index is 12.7. The first-order valence-electron chi connectivity index (χ1n) is 8.54. The SMILES string of the molecule is C=C/C(=C\C)c1cc(=O)n(-c2ccc(OCC(F)(F)F)cc2)c(OC(C)C)n1. The molecule has 0 bridgehead atoms. The molecule has 1 aromatic carbocycles. The van der Waals surface area contributed by atoms with Gasteiger partial charge in [0.2, 0.25) is 0 Å². The Morgan fingerprint density at radius 3 is 2.43 bits per heavy atom. The molecule has 1 aromatic heterocycles. The van der Waals surface area contributed by atoms with Crippen LogP contribution >= 0.6 is 0 Å². The second-order valence-electron chi connectivity index (χ2n) is 6.11. The van der Waals surface area contributed by atoms with Gasteiger partial charge in [0.15, 0.2) is 6.61 Å². The average molecular weight is 394 g/mol. The highest BCUT2D eigenvalue weighted by molar-refractivity contribution is 5.70. The highest BCUT2D eigenvalue weighted by atomic mass is 19.4. The fourth-order valence-electron chi connectivity index (χ4n) is 2.36. The van der Waals surface area contributed by atoms with Crippen molar-refractivity contribution in [2.75, 3.05) is 6.61 Å². The third kappa shape index (κ3) is 5.48. The Balaban J connectivity index is 2.46. The molecule has 8 heteroatoms. The molecule has 0 saturated carbocycles. The largest absolute Gasteiger partial charge is 0.484 e. The smallest absolute Gasteiger partial charge is 0.422 e. The summed E-state index contributed by atoms with van der Waals surface area (Å²) in [5.41, 5.74) is 1.08. The second kappa shape index (κ2) is 8.77. The Hall–Kier alpha value is -3.03. The Labute approximate surface area is 160 Å². The zero-order valence-electron chi connectivity index (χ0n) is 15.8. The van der Waals surface area contributed by atoms with Crippen molar-refractivity contribution in [3.63, 3.8) is 0 Å². The van der Waals surface area contributed by atoms with Gasteiger partial charge in [-0.2, -0.15) is 18.2 Å². The van der Waals surface area contributed by atoms with Crippen LogP contribution in [0.1, 0.15) is 26.5 Å². The summed E-state index contributed by atoms with van der Waals surface area (Å²) in [5.74, 6) is 0.0351. The monoisotopic (exact) mass is 394 g/mol. The van der Waals surface area contributed by atoms with E-state index in [2.05, 4.69) is 16.3 Å². The summed E-state index contributed by atoms with van der Waals surface area (Å²) in [4.78, 5) is 17.1. The minimum Gasteiger partial charge on any atom is -0.484 e. The maximum atomic E-state index is 12.7. The maximum Gasteiger partial charge on any atom is 0.422 e. The van der Waals surface area contributed by atoms with Crippen molar-refractivity contribution in [1.29, 1.82) is 0 Å². The number of rotatable bonds is 7. The standard InChI is InChI=1S/C20H21F3N2O3/c1-5-14(6-2)17-11-18(26)25(19(24-17)28-13(3)4)15-7-9-16(10-8-15)27-12-20(21,22)23/h5-11,13H,1,12H2,2-4H3/b14-6+. The van der Waals surface area contributed by atoms with Gasteiger partial charge in [0.05, 0.1) is 17.5 Å².